The maximum Gasteiger partial charge on any atom is 0.277 e. The first-order valence-corrected chi connectivity index (χ1v) is 11.2. The summed E-state index contributed by atoms with van der Waals surface area (Å²) in [6.45, 7) is 5.70. The Morgan fingerprint density at radius 1 is 1.35 bits per heavy atom. The molecule has 0 N–H and O–H groups in total. The molecule has 0 spiro atoms. The highest BCUT2D eigenvalue weighted by atomic mass is 32.2. The van der Waals surface area contributed by atoms with E-state index >= 15 is 0 Å². The average molecular weight is 395 g/mol. The molecular formula is C18H22N2O4S2. The van der Waals surface area contributed by atoms with E-state index in [9.17, 15) is 13.2 Å². The predicted molar refractivity (Wildman–Crippen MR) is 100 cm³/mol. The van der Waals surface area contributed by atoms with E-state index in [1.807, 2.05) is 39.0 Å². The molecule has 2 heterocycles. The zero-order valence-electron chi connectivity index (χ0n) is 15.1. The van der Waals surface area contributed by atoms with Crippen molar-refractivity contribution < 1.29 is 17.6 Å². The van der Waals surface area contributed by atoms with E-state index in [1.54, 1.807) is 0 Å². The third-order valence-corrected chi connectivity index (χ3v) is 7.31. The van der Waals surface area contributed by atoms with Gasteiger partial charge in [-0.25, -0.2) is 8.42 Å². The summed E-state index contributed by atoms with van der Waals surface area (Å²) in [6.07, 6.45) is 1.10. The number of carbonyl (C=O) groups excluding carboxylic acids is 1. The fourth-order valence-corrected chi connectivity index (χ4v) is 5.70. The van der Waals surface area contributed by atoms with E-state index < -0.39 is 9.84 Å². The molecule has 0 aliphatic carbocycles. The van der Waals surface area contributed by atoms with Gasteiger partial charge in [-0.3, -0.25) is 4.79 Å². The number of aryl methyl sites for hydroxylation is 2. The van der Waals surface area contributed by atoms with Crippen LogP contribution in [-0.2, 0) is 16.3 Å². The first-order valence-electron chi connectivity index (χ1n) is 8.54. The minimum Gasteiger partial charge on any atom is -0.416 e. The Balaban J connectivity index is 1.63. The Bertz CT molecular complexity index is 921. The van der Waals surface area contributed by atoms with Crippen molar-refractivity contribution in [1.82, 2.24) is 10.2 Å². The van der Waals surface area contributed by atoms with Crippen molar-refractivity contribution >= 4 is 27.4 Å². The van der Waals surface area contributed by atoms with E-state index in [2.05, 4.69) is 10.2 Å². The van der Waals surface area contributed by atoms with Gasteiger partial charge in [0, 0.05) is 12.0 Å². The highest BCUT2D eigenvalue weighted by Crippen LogP contribution is 2.28. The van der Waals surface area contributed by atoms with Gasteiger partial charge in [-0.1, -0.05) is 29.5 Å². The Morgan fingerprint density at radius 2 is 2.12 bits per heavy atom. The second-order valence-electron chi connectivity index (χ2n) is 6.88. The minimum atomic E-state index is -2.92. The van der Waals surface area contributed by atoms with Gasteiger partial charge in [-0.15, -0.1) is 10.2 Å². The highest BCUT2D eigenvalue weighted by Gasteiger charge is 2.29. The lowest BCUT2D eigenvalue weighted by molar-refractivity contribution is 0.0993. The Labute approximate surface area is 157 Å². The van der Waals surface area contributed by atoms with E-state index in [0.29, 0.717) is 29.5 Å². The quantitative estimate of drug-likeness (QED) is 0.549. The molecule has 1 aliphatic heterocycles. The summed E-state index contributed by atoms with van der Waals surface area (Å²) in [5, 5.41) is 7.98. The van der Waals surface area contributed by atoms with Crippen LogP contribution in [0.4, 0.5) is 0 Å². The summed E-state index contributed by atoms with van der Waals surface area (Å²) < 4.78 is 28.7. The normalized spacial score (nSPS) is 20.2. The number of aromatic nitrogens is 2. The van der Waals surface area contributed by atoms with E-state index in [4.69, 9.17) is 4.42 Å². The summed E-state index contributed by atoms with van der Waals surface area (Å²) in [6, 6.07) is 5.83. The average Bonchev–Trinajstić information content (AvgIpc) is 3.15. The van der Waals surface area contributed by atoms with Gasteiger partial charge in [0.1, 0.15) is 0 Å². The number of nitrogens with zero attached hydrogens (tertiary/aromatic N) is 2. The van der Waals surface area contributed by atoms with Crippen LogP contribution in [-0.4, -0.2) is 41.2 Å². The summed E-state index contributed by atoms with van der Waals surface area (Å²) >= 11 is 1.23. The van der Waals surface area contributed by atoms with E-state index in [-0.39, 0.29) is 28.5 Å². The van der Waals surface area contributed by atoms with Crippen LogP contribution in [0.5, 0.6) is 0 Å². The van der Waals surface area contributed by atoms with Gasteiger partial charge < -0.3 is 4.42 Å². The maximum atomic E-state index is 12.7. The van der Waals surface area contributed by atoms with Crippen molar-refractivity contribution in [3.05, 3.63) is 40.8 Å². The third kappa shape index (κ3) is 4.54. The number of sulfone groups is 1. The Kier molecular flexibility index (Phi) is 5.53. The van der Waals surface area contributed by atoms with Crippen molar-refractivity contribution in [2.24, 2.45) is 5.92 Å². The minimum absolute atomic E-state index is 0.0258. The van der Waals surface area contributed by atoms with Crippen LogP contribution in [0.15, 0.2) is 27.8 Å². The Morgan fingerprint density at radius 3 is 2.81 bits per heavy atom. The van der Waals surface area contributed by atoms with Crippen molar-refractivity contribution in [3.63, 3.8) is 0 Å². The van der Waals surface area contributed by atoms with Gasteiger partial charge in [-0.2, -0.15) is 0 Å². The molecule has 1 aromatic carbocycles. The van der Waals surface area contributed by atoms with Crippen molar-refractivity contribution in [3.8, 4) is 0 Å². The lowest BCUT2D eigenvalue weighted by Crippen LogP contribution is -2.15. The number of hydrogen-bond donors (Lipinski definition) is 0. The van der Waals surface area contributed by atoms with Gasteiger partial charge in [-0.05, 0) is 44.7 Å². The zero-order valence-corrected chi connectivity index (χ0v) is 16.7. The molecule has 140 valence electrons. The molecule has 0 radical (unpaired) electrons. The SMILES string of the molecule is Cc1ccc(C)c(C(=O)C(C)Sc2nnc(CC3CCS(=O)(=O)C3)o2)c1. The third-order valence-electron chi connectivity index (χ3n) is 4.54. The van der Waals surface area contributed by atoms with Crippen LogP contribution in [0.3, 0.4) is 0 Å². The first kappa shape index (κ1) is 19.1. The molecule has 26 heavy (non-hydrogen) atoms. The number of ketones is 1. The van der Waals surface area contributed by atoms with Crippen molar-refractivity contribution in [2.45, 2.75) is 44.1 Å². The number of hydrogen-bond acceptors (Lipinski definition) is 7. The van der Waals surface area contributed by atoms with Crippen molar-refractivity contribution in [1.29, 1.82) is 0 Å². The lowest BCUT2D eigenvalue weighted by atomic mass is 10.0. The second kappa shape index (κ2) is 7.52. The fraction of sp³-hybridized carbons (Fsp3) is 0.500. The number of benzene rings is 1. The van der Waals surface area contributed by atoms with Gasteiger partial charge >= 0.3 is 0 Å². The van der Waals surface area contributed by atoms with Crippen LogP contribution in [0, 0.1) is 19.8 Å². The molecular weight excluding hydrogens is 372 g/mol. The molecule has 0 saturated carbocycles. The molecule has 3 rings (SSSR count). The molecule has 0 amide bonds. The summed E-state index contributed by atoms with van der Waals surface area (Å²) in [7, 11) is -2.92. The van der Waals surface area contributed by atoms with Crippen LogP contribution >= 0.6 is 11.8 Å². The predicted octanol–water partition coefficient (Wildman–Crippen LogP) is 3.03. The number of carbonyl (C=O) groups is 1. The number of Topliss-reactive ketones (excluding diaryl/α,β-unsaturated/α-hetero) is 1. The lowest BCUT2D eigenvalue weighted by Gasteiger charge is -2.10. The highest BCUT2D eigenvalue weighted by molar-refractivity contribution is 8.00. The number of thioether (sulfide) groups is 1. The van der Waals surface area contributed by atoms with E-state index in [1.165, 1.54) is 11.8 Å². The summed E-state index contributed by atoms with van der Waals surface area (Å²) in [5.41, 5.74) is 2.70. The van der Waals surface area contributed by atoms with E-state index in [0.717, 1.165) is 11.1 Å². The van der Waals surface area contributed by atoms with Gasteiger partial charge in [0.15, 0.2) is 15.6 Å². The van der Waals surface area contributed by atoms with Crippen LogP contribution < -0.4 is 0 Å². The molecule has 6 nitrogen and oxygen atoms in total. The van der Waals surface area contributed by atoms with Crippen LogP contribution in [0.25, 0.3) is 0 Å². The van der Waals surface area contributed by atoms with Crippen molar-refractivity contribution in [2.75, 3.05) is 11.5 Å². The number of rotatable bonds is 6. The van der Waals surface area contributed by atoms with Crippen LogP contribution in [0.1, 0.15) is 40.7 Å². The second-order valence-corrected chi connectivity index (χ2v) is 10.4. The smallest absolute Gasteiger partial charge is 0.277 e. The molecule has 1 saturated heterocycles. The molecule has 2 atom stereocenters. The maximum absolute atomic E-state index is 12.7. The molecule has 1 aliphatic rings. The van der Waals surface area contributed by atoms with Gasteiger partial charge in [0.25, 0.3) is 5.22 Å². The molecule has 1 aromatic heterocycles. The van der Waals surface area contributed by atoms with Gasteiger partial charge in [0.2, 0.25) is 5.89 Å². The Hall–Kier alpha value is -1.67. The molecule has 8 heteroatoms. The standard InChI is InChI=1S/C18H22N2O4S2/c1-11-4-5-12(2)15(8-11)17(21)13(3)25-18-20-19-16(24-18)9-14-6-7-26(22,23)10-14/h4-5,8,13-14H,6-7,9-10H2,1-3H3. The molecule has 2 aromatic rings. The molecule has 1 fully saturated rings. The van der Waals surface area contributed by atoms with Gasteiger partial charge in [0.05, 0.1) is 16.8 Å². The zero-order chi connectivity index (χ0) is 18.9. The summed E-state index contributed by atoms with van der Waals surface area (Å²) in [5.74, 6) is 0.903. The molecule has 0 bridgehead atoms. The largest absolute Gasteiger partial charge is 0.416 e. The molecule has 2 unspecified atom stereocenters. The summed E-state index contributed by atoms with van der Waals surface area (Å²) in [4.78, 5) is 12.7. The fourth-order valence-electron chi connectivity index (χ4n) is 3.07. The van der Waals surface area contributed by atoms with Crippen LogP contribution in [0.2, 0.25) is 0 Å². The first-order chi connectivity index (χ1) is 12.2. The topological polar surface area (TPSA) is 90.1 Å². The monoisotopic (exact) mass is 394 g/mol.